The summed E-state index contributed by atoms with van der Waals surface area (Å²) in [6.07, 6.45) is 1.01. The van der Waals surface area contributed by atoms with E-state index in [0.717, 1.165) is 18.0 Å². The van der Waals surface area contributed by atoms with Crippen molar-refractivity contribution in [2.75, 3.05) is 0 Å². The average molecular weight is 304 g/mol. The Morgan fingerprint density at radius 2 is 1.85 bits per heavy atom. The molecule has 108 valence electrons. The van der Waals surface area contributed by atoms with E-state index < -0.39 is 8.07 Å². The highest BCUT2D eigenvalue weighted by Crippen LogP contribution is 2.40. The Labute approximate surface area is 129 Å². The van der Waals surface area contributed by atoms with E-state index in [-0.39, 0.29) is 0 Å². The summed E-state index contributed by atoms with van der Waals surface area (Å²) in [6.45, 7) is 14.8. The van der Waals surface area contributed by atoms with Crippen LogP contribution in [0.1, 0.15) is 18.9 Å². The summed E-state index contributed by atoms with van der Waals surface area (Å²) in [5.41, 5.74) is 3.33. The molecule has 3 heteroatoms. The first-order valence-corrected chi connectivity index (χ1v) is 11.3. The molecule has 1 aliphatic heterocycles. The molecule has 2 unspecified atom stereocenters. The maximum absolute atomic E-state index is 5.71. The van der Waals surface area contributed by atoms with Crippen molar-refractivity contribution in [3.05, 3.63) is 48.0 Å². The largest absolute Gasteiger partial charge is 0.355 e. The molecule has 1 heterocycles. The molecule has 0 radical (unpaired) electrons. The van der Waals surface area contributed by atoms with Crippen LogP contribution in [0.25, 0.3) is 0 Å². The molecule has 1 aromatic carbocycles. The van der Waals surface area contributed by atoms with Crippen LogP contribution in [0, 0.1) is 0 Å². The van der Waals surface area contributed by atoms with Gasteiger partial charge in [-0.25, -0.2) is 0 Å². The Balaban J connectivity index is 2.18. The fourth-order valence-corrected chi connectivity index (χ4v) is 5.69. The molecule has 0 aliphatic carbocycles. The van der Waals surface area contributed by atoms with Gasteiger partial charge in [-0.15, -0.1) is 0 Å². The zero-order valence-electron chi connectivity index (χ0n) is 13.0. The second kappa shape index (κ2) is 5.82. The van der Waals surface area contributed by atoms with Gasteiger partial charge in [0.15, 0.2) is 0 Å². The van der Waals surface area contributed by atoms with Crippen LogP contribution in [-0.4, -0.2) is 24.0 Å². The van der Waals surface area contributed by atoms with Gasteiger partial charge in [-0.1, -0.05) is 74.3 Å². The molecule has 2 atom stereocenters. The van der Waals surface area contributed by atoms with Crippen molar-refractivity contribution >= 4 is 25.3 Å². The van der Waals surface area contributed by atoms with E-state index in [9.17, 15) is 0 Å². The van der Waals surface area contributed by atoms with Crippen LogP contribution in [0.2, 0.25) is 25.2 Å². The van der Waals surface area contributed by atoms with Gasteiger partial charge < -0.3 is 4.90 Å². The predicted octanol–water partition coefficient (Wildman–Crippen LogP) is 4.87. The van der Waals surface area contributed by atoms with Crippen molar-refractivity contribution in [1.29, 1.82) is 0 Å². The van der Waals surface area contributed by atoms with Crippen molar-refractivity contribution in [3.63, 3.8) is 0 Å². The summed E-state index contributed by atoms with van der Waals surface area (Å²) in [4.78, 5) is 3.46. The molecule has 1 aliphatic rings. The quantitative estimate of drug-likeness (QED) is 0.445. The summed E-state index contributed by atoms with van der Waals surface area (Å²) < 4.78 is 0. The van der Waals surface area contributed by atoms with E-state index in [1.165, 1.54) is 11.1 Å². The lowest BCUT2D eigenvalue weighted by atomic mass is 9.97. The molecular weight excluding hydrogens is 278 g/mol. The fraction of sp³-hybridized carbons (Fsp3) is 0.471. The standard InChI is InChI=1S/C17H25NSSi/c1-13-14(2)18(12-15-9-7-6-8-10-15)17(19)11-16(13)20(3,4)5/h6-10,14,16H,1,11-12H2,2-5H3. The van der Waals surface area contributed by atoms with Gasteiger partial charge in [-0.05, 0) is 18.0 Å². The molecule has 0 aromatic heterocycles. The Bertz CT molecular complexity index is 503. The van der Waals surface area contributed by atoms with Crippen molar-refractivity contribution < 1.29 is 0 Å². The lowest BCUT2D eigenvalue weighted by Gasteiger charge is -2.45. The number of hydrogen-bond acceptors (Lipinski definition) is 1. The lowest BCUT2D eigenvalue weighted by Crippen LogP contribution is -2.48. The van der Waals surface area contributed by atoms with E-state index in [0.29, 0.717) is 11.6 Å². The smallest absolute Gasteiger partial charge is 0.0790 e. The van der Waals surface area contributed by atoms with Crippen LogP contribution in [0.15, 0.2) is 42.5 Å². The SMILES string of the molecule is C=C1C(C)N(Cc2ccccc2)C(=S)CC1[Si](C)(C)C. The van der Waals surface area contributed by atoms with Crippen molar-refractivity contribution in [1.82, 2.24) is 4.90 Å². The summed E-state index contributed by atoms with van der Waals surface area (Å²) in [5, 5.41) is 0. The number of likely N-dealkylation sites (tertiary alicyclic amines) is 1. The summed E-state index contributed by atoms with van der Waals surface area (Å²) in [7, 11) is -1.24. The van der Waals surface area contributed by atoms with Crippen LogP contribution in [0.5, 0.6) is 0 Å². The molecule has 1 aromatic rings. The number of piperidine rings is 1. The molecule has 0 N–H and O–H groups in total. The first-order chi connectivity index (χ1) is 9.30. The minimum Gasteiger partial charge on any atom is -0.355 e. The highest BCUT2D eigenvalue weighted by atomic mass is 32.1. The van der Waals surface area contributed by atoms with Crippen LogP contribution in [-0.2, 0) is 6.54 Å². The Morgan fingerprint density at radius 1 is 1.25 bits per heavy atom. The Hall–Kier alpha value is -0.933. The van der Waals surface area contributed by atoms with Crippen molar-refractivity contribution in [2.24, 2.45) is 0 Å². The summed E-state index contributed by atoms with van der Waals surface area (Å²) in [5.74, 6) is 0. The number of benzene rings is 1. The molecule has 1 fully saturated rings. The number of hydrogen-bond donors (Lipinski definition) is 0. The average Bonchev–Trinajstić information content (AvgIpc) is 2.39. The minimum absolute atomic E-state index is 0.355. The predicted molar refractivity (Wildman–Crippen MR) is 94.9 cm³/mol. The molecular formula is C17H25NSSi. The third kappa shape index (κ3) is 3.21. The van der Waals surface area contributed by atoms with Crippen molar-refractivity contribution in [2.45, 2.75) is 51.1 Å². The maximum atomic E-state index is 5.71. The normalized spacial score (nSPS) is 24.1. The van der Waals surface area contributed by atoms with Gasteiger partial charge in [0.25, 0.3) is 0 Å². The first kappa shape index (κ1) is 15.5. The molecule has 0 bridgehead atoms. The number of nitrogens with zero attached hydrogens (tertiary/aromatic N) is 1. The van der Waals surface area contributed by atoms with E-state index in [1.54, 1.807) is 0 Å². The van der Waals surface area contributed by atoms with Crippen LogP contribution in [0.3, 0.4) is 0 Å². The van der Waals surface area contributed by atoms with Crippen molar-refractivity contribution in [3.8, 4) is 0 Å². The molecule has 2 rings (SSSR count). The topological polar surface area (TPSA) is 3.24 Å². The molecule has 1 nitrogen and oxygen atoms in total. The van der Waals surface area contributed by atoms with Crippen LogP contribution in [0.4, 0.5) is 0 Å². The third-order valence-electron chi connectivity index (χ3n) is 4.39. The van der Waals surface area contributed by atoms with E-state index in [2.05, 4.69) is 68.4 Å². The molecule has 1 saturated heterocycles. The van der Waals surface area contributed by atoms with Crippen LogP contribution < -0.4 is 0 Å². The monoisotopic (exact) mass is 303 g/mol. The lowest BCUT2D eigenvalue weighted by molar-refractivity contribution is 0.333. The second-order valence-electron chi connectivity index (χ2n) is 6.88. The molecule has 0 spiro atoms. The molecule has 0 saturated carbocycles. The third-order valence-corrected chi connectivity index (χ3v) is 7.46. The van der Waals surface area contributed by atoms with E-state index in [4.69, 9.17) is 12.2 Å². The van der Waals surface area contributed by atoms with Gasteiger partial charge in [0.2, 0.25) is 0 Å². The van der Waals surface area contributed by atoms with Gasteiger partial charge in [-0.3, -0.25) is 0 Å². The van der Waals surface area contributed by atoms with Crippen LogP contribution >= 0.6 is 12.2 Å². The highest BCUT2D eigenvalue weighted by molar-refractivity contribution is 7.80. The summed E-state index contributed by atoms with van der Waals surface area (Å²) >= 11 is 5.71. The summed E-state index contributed by atoms with van der Waals surface area (Å²) in [6, 6.07) is 10.9. The van der Waals surface area contributed by atoms with Gasteiger partial charge >= 0.3 is 0 Å². The fourth-order valence-electron chi connectivity index (χ4n) is 3.00. The minimum atomic E-state index is -1.24. The van der Waals surface area contributed by atoms with Gasteiger partial charge in [0, 0.05) is 19.0 Å². The van der Waals surface area contributed by atoms with Gasteiger partial charge in [-0.2, -0.15) is 0 Å². The molecule has 20 heavy (non-hydrogen) atoms. The van der Waals surface area contributed by atoms with Gasteiger partial charge in [0.1, 0.15) is 0 Å². The maximum Gasteiger partial charge on any atom is 0.0790 e. The molecule has 0 amide bonds. The zero-order valence-corrected chi connectivity index (χ0v) is 14.8. The Kier molecular flexibility index (Phi) is 4.50. The zero-order chi connectivity index (χ0) is 14.9. The van der Waals surface area contributed by atoms with Gasteiger partial charge in [0.05, 0.1) is 13.1 Å². The second-order valence-corrected chi connectivity index (χ2v) is 12.8. The number of thiocarbonyl (C=S) groups is 1. The first-order valence-electron chi connectivity index (χ1n) is 7.33. The van der Waals surface area contributed by atoms with E-state index >= 15 is 0 Å². The number of rotatable bonds is 3. The Morgan fingerprint density at radius 3 is 2.40 bits per heavy atom. The van der Waals surface area contributed by atoms with E-state index in [1.807, 2.05) is 0 Å². The highest BCUT2D eigenvalue weighted by Gasteiger charge is 2.38.